The van der Waals surface area contributed by atoms with E-state index >= 15 is 0 Å². The van der Waals surface area contributed by atoms with Gasteiger partial charge in [-0.2, -0.15) is 0 Å². The molecule has 1 atom stereocenters. The molecule has 34 heavy (non-hydrogen) atoms. The monoisotopic (exact) mass is 473 g/mol. The first-order valence-corrected chi connectivity index (χ1v) is 11.0. The molecule has 1 unspecified atom stereocenters. The van der Waals surface area contributed by atoms with Crippen molar-refractivity contribution in [1.29, 1.82) is 0 Å². The predicted molar refractivity (Wildman–Crippen MR) is 128 cm³/mol. The highest BCUT2D eigenvalue weighted by Crippen LogP contribution is 2.41. The van der Waals surface area contributed by atoms with Crippen molar-refractivity contribution in [3.63, 3.8) is 0 Å². The van der Waals surface area contributed by atoms with Gasteiger partial charge in [0.15, 0.2) is 11.5 Å². The van der Waals surface area contributed by atoms with Crippen LogP contribution in [0.4, 0.5) is 0 Å². The van der Waals surface area contributed by atoms with E-state index in [1.165, 1.54) is 4.90 Å². The first kappa shape index (κ1) is 21.8. The number of para-hydroxylation sites is 1. The summed E-state index contributed by atoms with van der Waals surface area (Å²) < 4.78 is 11.2. The fourth-order valence-corrected chi connectivity index (χ4v) is 4.49. The van der Waals surface area contributed by atoms with Crippen LogP contribution in [0.25, 0.3) is 11.0 Å². The molecule has 4 aromatic rings. The number of amides is 1. The van der Waals surface area contributed by atoms with Crippen molar-refractivity contribution < 1.29 is 23.8 Å². The van der Waals surface area contributed by atoms with Crippen LogP contribution in [0, 0.1) is 0 Å². The van der Waals surface area contributed by atoms with Crippen LogP contribution in [-0.4, -0.2) is 28.8 Å². The number of nitrogens with zero attached hydrogens (tertiary/aromatic N) is 1. The number of fused-ring (bicyclic) bond motifs is 1. The predicted octanol–water partition coefficient (Wildman–Crippen LogP) is 5.87. The van der Waals surface area contributed by atoms with Crippen LogP contribution >= 0.6 is 11.6 Å². The number of furan rings is 1. The van der Waals surface area contributed by atoms with E-state index < -0.39 is 23.5 Å². The molecule has 0 saturated carbocycles. The maximum absolute atomic E-state index is 13.6. The van der Waals surface area contributed by atoms with Gasteiger partial charge in [0.2, 0.25) is 5.78 Å². The van der Waals surface area contributed by atoms with E-state index in [0.29, 0.717) is 27.3 Å². The van der Waals surface area contributed by atoms with E-state index in [-0.39, 0.29) is 17.9 Å². The van der Waals surface area contributed by atoms with Crippen LogP contribution in [0.3, 0.4) is 0 Å². The molecule has 1 aromatic heterocycles. The molecule has 0 aliphatic carbocycles. The first-order chi connectivity index (χ1) is 16.5. The molecule has 1 aliphatic heterocycles. The van der Waals surface area contributed by atoms with Crippen molar-refractivity contribution in [1.82, 2.24) is 4.90 Å². The molecular weight excluding hydrogens is 454 g/mol. The Morgan fingerprint density at radius 1 is 1.06 bits per heavy atom. The van der Waals surface area contributed by atoms with Crippen molar-refractivity contribution in [3.05, 3.63) is 112 Å². The van der Waals surface area contributed by atoms with E-state index in [9.17, 15) is 14.7 Å². The number of hydrogen-bond acceptors (Lipinski definition) is 5. The topological polar surface area (TPSA) is 80.0 Å². The summed E-state index contributed by atoms with van der Waals surface area (Å²) in [6.07, 6.45) is 0. The third-order valence-corrected chi connectivity index (χ3v) is 6.13. The van der Waals surface area contributed by atoms with Crippen LogP contribution in [0.2, 0.25) is 5.02 Å². The van der Waals surface area contributed by atoms with Gasteiger partial charge in [-0.05, 0) is 35.9 Å². The molecule has 0 spiro atoms. The van der Waals surface area contributed by atoms with Gasteiger partial charge in [0.1, 0.15) is 11.3 Å². The Kier molecular flexibility index (Phi) is 5.59. The van der Waals surface area contributed by atoms with Gasteiger partial charge in [0.05, 0.1) is 25.3 Å². The SMILES string of the molecule is COc1ccccc1CN1C(=O)C(O)=C(C(=O)c2cc3cc(Cl)ccc3o2)C1c1ccccc1. The number of ether oxygens (including phenoxy) is 1. The summed E-state index contributed by atoms with van der Waals surface area (Å²) >= 11 is 6.06. The number of carbonyl (C=O) groups excluding carboxylic acids is 2. The average Bonchev–Trinajstić information content (AvgIpc) is 3.38. The molecule has 0 fully saturated rings. The fraction of sp³-hybridized carbons (Fsp3) is 0.111. The first-order valence-electron chi connectivity index (χ1n) is 10.6. The molecular formula is C27H20ClNO5. The average molecular weight is 474 g/mol. The summed E-state index contributed by atoms with van der Waals surface area (Å²) in [5.41, 5.74) is 1.90. The number of methoxy groups -OCH3 is 1. The largest absolute Gasteiger partial charge is 0.503 e. The molecule has 3 aromatic carbocycles. The minimum atomic E-state index is -0.803. The minimum absolute atomic E-state index is 0.0201. The molecule has 1 N–H and O–H groups in total. The van der Waals surface area contributed by atoms with Gasteiger partial charge in [0, 0.05) is 16.0 Å². The fourth-order valence-electron chi connectivity index (χ4n) is 4.31. The van der Waals surface area contributed by atoms with Gasteiger partial charge in [0.25, 0.3) is 5.91 Å². The van der Waals surface area contributed by atoms with Gasteiger partial charge >= 0.3 is 0 Å². The van der Waals surface area contributed by atoms with Crippen LogP contribution in [0.15, 0.2) is 94.6 Å². The summed E-state index contributed by atoms with van der Waals surface area (Å²) in [5.74, 6) is -1.16. The van der Waals surface area contributed by atoms with Crippen molar-refractivity contribution in [2.45, 2.75) is 12.6 Å². The maximum atomic E-state index is 13.6. The standard InChI is InChI=1S/C27H20ClNO5/c1-33-20-10-6-5-9-17(20)15-29-24(16-7-3-2-4-8-16)23(26(31)27(29)32)25(30)22-14-18-13-19(28)11-12-21(18)34-22/h2-14,24,31H,15H2,1H3. The number of carbonyl (C=O) groups is 2. The summed E-state index contributed by atoms with van der Waals surface area (Å²) in [6, 6.07) is 22.2. The lowest BCUT2D eigenvalue weighted by atomic mass is 9.95. The highest BCUT2D eigenvalue weighted by Gasteiger charge is 2.44. The molecule has 0 saturated heterocycles. The molecule has 1 aliphatic rings. The highest BCUT2D eigenvalue weighted by atomic mass is 35.5. The van der Waals surface area contributed by atoms with Crippen molar-refractivity contribution in [2.24, 2.45) is 0 Å². The van der Waals surface area contributed by atoms with Crippen molar-refractivity contribution in [3.8, 4) is 5.75 Å². The quantitative estimate of drug-likeness (QED) is 0.354. The van der Waals surface area contributed by atoms with Crippen molar-refractivity contribution in [2.75, 3.05) is 7.11 Å². The molecule has 6 nitrogen and oxygen atoms in total. The van der Waals surface area contributed by atoms with Crippen LogP contribution in [-0.2, 0) is 11.3 Å². The van der Waals surface area contributed by atoms with E-state index in [2.05, 4.69) is 0 Å². The Hall–Kier alpha value is -4.03. The second kappa shape index (κ2) is 8.72. The van der Waals surface area contributed by atoms with Crippen LogP contribution < -0.4 is 4.74 Å². The number of benzene rings is 3. The lowest BCUT2D eigenvalue weighted by Gasteiger charge is -2.27. The van der Waals surface area contributed by atoms with Crippen molar-refractivity contribution >= 4 is 34.3 Å². The lowest BCUT2D eigenvalue weighted by Crippen LogP contribution is -2.30. The molecule has 170 valence electrons. The number of hydrogen-bond donors (Lipinski definition) is 1. The van der Waals surface area contributed by atoms with Gasteiger partial charge in [-0.25, -0.2) is 0 Å². The van der Waals surface area contributed by atoms with Crippen LogP contribution in [0.5, 0.6) is 5.75 Å². The lowest BCUT2D eigenvalue weighted by molar-refractivity contribution is -0.130. The number of halogens is 1. The zero-order valence-corrected chi connectivity index (χ0v) is 19.0. The van der Waals surface area contributed by atoms with E-state index in [4.69, 9.17) is 20.8 Å². The third kappa shape index (κ3) is 3.72. The zero-order valence-electron chi connectivity index (χ0n) is 18.2. The maximum Gasteiger partial charge on any atom is 0.290 e. The van der Waals surface area contributed by atoms with Crippen LogP contribution in [0.1, 0.15) is 27.7 Å². The number of aliphatic hydroxyl groups is 1. The molecule has 2 heterocycles. The number of aliphatic hydroxyl groups excluding tert-OH is 1. The molecule has 0 bridgehead atoms. The third-order valence-electron chi connectivity index (χ3n) is 5.90. The van der Waals surface area contributed by atoms with Gasteiger partial charge in [-0.3, -0.25) is 9.59 Å². The van der Waals surface area contributed by atoms with E-state index in [1.807, 2.05) is 48.5 Å². The Bertz CT molecular complexity index is 1440. The molecule has 5 rings (SSSR count). The molecule has 1 amide bonds. The summed E-state index contributed by atoms with van der Waals surface area (Å²) in [7, 11) is 1.55. The van der Waals surface area contributed by atoms with Gasteiger partial charge in [-0.15, -0.1) is 0 Å². The summed E-state index contributed by atoms with van der Waals surface area (Å²) in [5, 5.41) is 12.1. The van der Waals surface area contributed by atoms with E-state index in [1.54, 1.807) is 37.4 Å². The summed E-state index contributed by atoms with van der Waals surface area (Å²) in [4.78, 5) is 28.3. The van der Waals surface area contributed by atoms with Gasteiger partial charge in [-0.1, -0.05) is 60.1 Å². The number of Topliss-reactive ketones (excluding diaryl/α,β-unsaturated/α-hetero) is 1. The second-order valence-corrected chi connectivity index (χ2v) is 8.38. The number of rotatable bonds is 6. The van der Waals surface area contributed by atoms with E-state index in [0.717, 1.165) is 5.56 Å². The highest BCUT2D eigenvalue weighted by molar-refractivity contribution is 6.31. The Morgan fingerprint density at radius 2 is 1.79 bits per heavy atom. The molecule has 0 radical (unpaired) electrons. The smallest absolute Gasteiger partial charge is 0.290 e. The normalized spacial score (nSPS) is 15.9. The Balaban J connectivity index is 1.59. The summed E-state index contributed by atoms with van der Waals surface area (Å²) in [6.45, 7) is 0.138. The zero-order chi connectivity index (χ0) is 23.8. The Morgan fingerprint density at radius 3 is 2.56 bits per heavy atom. The number of ketones is 1. The minimum Gasteiger partial charge on any atom is -0.503 e. The van der Waals surface area contributed by atoms with Gasteiger partial charge < -0.3 is 19.2 Å². The molecule has 7 heteroatoms. The Labute approximate surface area is 200 Å². The second-order valence-electron chi connectivity index (χ2n) is 7.94.